The Bertz CT molecular complexity index is 1260. The number of fused-ring (bicyclic) bond motifs is 1. The van der Waals surface area contributed by atoms with Crippen LogP contribution in [0.15, 0.2) is 77.9 Å². The smallest absolute Gasteiger partial charge is 0.288 e. The highest BCUT2D eigenvalue weighted by molar-refractivity contribution is 6.09. The van der Waals surface area contributed by atoms with Gasteiger partial charge in [-0.3, -0.25) is 4.79 Å². The molecule has 0 aliphatic heterocycles. The molecule has 0 radical (unpaired) electrons. The van der Waals surface area contributed by atoms with Crippen LogP contribution in [0.4, 0.5) is 5.69 Å². The summed E-state index contributed by atoms with van der Waals surface area (Å²) in [5.74, 6) is -0.237. The number of carbonyl (C=O) groups is 1. The van der Waals surface area contributed by atoms with E-state index in [1.54, 1.807) is 12.1 Å². The number of para-hydroxylation sites is 1. The van der Waals surface area contributed by atoms with Crippen molar-refractivity contribution in [2.45, 2.75) is 13.8 Å². The van der Waals surface area contributed by atoms with E-state index < -0.39 is 0 Å². The summed E-state index contributed by atoms with van der Waals surface area (Å²) < 4.78 is 0. The number of phenolic OH excluding ortho intramolecular Hbond substituents is 1. The lowest BCUT2D eigenvalue weighted by atomic mass is 10.0. The molecule has 3 aromatic carbocycles. The Morgan fingerprint density at radius 2 is 1.75 bits per heavy atom. The summed E-state index contributed by atoms with van der Waals surface area (Å²) in [6, 6.07) is 23.0. The number of anilines is 1. The summed E-state index contributed by atoms with van der Waals surface area (Å²) in [4.78, 5) is 18.3. The molecule has 0 aliphatic rings. The number of carbonyl (C=O) groups excluding carboxylic acids is 1. The van der Waals surface area contributed by atoms with Gasteiger partial charge in [-0.25, -0.2) is 5.43 Å². The quantitative estimate of drug-likeness (QED) is 0.282. The minimum absolute atomic E-state index is 0.114. The number of hydrogen-bond acceptors (Lipinski definition) is 4. The molecule has 1 aromatic heterocycles. The molecule has 0 aliphatic carbocycles. The van der Waals surface area contributed by atoms with Crippen LogP contribution in [-0.2, 0) is 0 Å². The van der Waals surface area contributed by atoms with Crippen molar-refractivity contribution in [1.82, 2.24) is 10.4 Å². The first-order valence-electron chi connectivity index (χ1n) is 10.7. The van der Waals surface area contributed by atoms with Crippen molar-refractivity contribution in [3.8, 4) is 16.9 Å². The largest absolute Gasteiger partial charge is 0.507 e. The van der Waals surface area contributed by atoms with Crippen molar-refractivity contribution in [2.24, 2.45) is 5.10 Å². The number of nitrogens with zero attached hydrogens (tertiary/aromatic N) is 2. The number of aromatic hydroxyl groups is 1. The van der Waals surface area contributed by atoms with E-state index in [-0.39, 0.29) is 11.7 Å². The molecule has 6 heteroatoms. The highest BCUT2D eigenvalue weighted by Gasteiger charge is 2.18. The minimum atomic E-state index is -0.351. The lowest BCUT2D eigenvalue weighted by Gasteiger charge is -2.21. The van der Waals surface area contributed by atoms with Crippen molar-refractivity contribution in [3.63, 3.8) is 0 Å². The predicted octanol–water partition coefficient (Wildman–Crippen LogP) is 5.15. The van der Waals surface area contributed by atoms with E-state index >= 15 is 0 Å². The molecule has 32 heavy (non-hydrogen) atoms. The molecule has 6 nitrogen and oxygen atoms in total. The Kier molecular flexibility index (Phi) is 6.22. The van der Waals surface area contributed by atoms with Gasteiger partial charge in [0.15, 0.2) is 0 Å². The van der Waals surface area contributed by atoms with Gasteiger partial charge in [-0.1, -0.05) is 48.5 Å². The van der Waals surface area contributed by atoms with Crippen LogP contribution in [0.1, 0.15) is 29.9 Å². The number of benzene rings is 3. The van der Waals surface area contributed by atoms with Gasteiger partial charge in [0.05, 0.1) is 6.21 Å². The fourth-order valence-corrected chi connectivity index (χ4v) is 3.86. The Morgan fingerprint density at radius 1 is 1.03 bits per heavy atom. The van der Waals surface area contributed by atoms with Gasteiger partial charge in [-0.05, 0) is 37.6 Å². The van der Waals surface area contributed by atoms with Crippen molar-refractivity contribution in [1.29, 1.82) is 0 Å². The summed E-state index contributed by atoms with van der Waals surface area (Å²) in [6.45, 7) is 5.85. The van der Waals surface area contributed by atoms with Crippen LogP contribution in [0.5, 0.6) is 5.75 Å². The maximum Gasteiger partial charge on any atom is 0.288 e. The lowest BCUT2D eigenvalue weighted by Crippen LogP contribution is -2.21. The predicted molar refractivity (Wildman–Crippen MR) is 130 cm³/mol. The van der Waals surface area contributed by atoms with Crippen LogP contribution in [0.2, 0.25) is 0 Å². The molecular formula is C26H26N4O2. The third-order valence-corrected chi connectivity index (χ3v) is 5.51. The molecule has 0 fully saturated rings. The normalized spacial score (nSPS) is 11.2. The van der Waals surface area contributed by atoms with E-state index in [9.17, 15) is 9.90 Å². The van der Waals surface area contributed by atoms with E-state index in [0.29, 0.717) is 11.3 Å². The van der Waals surface area contributed by atoms with Gasteiger partial charge < -0.3 is 15.0 Å². The molecule has 0 spiro atoms. The second kappa shape index (κ2) is 9.39. The van der Waals surface area contributed by atoms with E-state index in [4.69, 9.17) is 0 Å². The maximum absolute atomic E-state index is 13.0. The van der Waals surface area contributed by atoms with Crippen molar-refractivity contribution in [3.05, 3.63) is 84.1 Å². The zero-order valence-corrected chi connectivity index (χ0v) is 18.2. The molecule has 0 atom stereocenters. The van der Waals surface area contributed by atoms with Crippen LogP contribution < -0.4 is 10.3 Å². The fourth-order valence-electron chi connectivity index (χ4n) is 3.86. The van der Waals surface area contributed by atoms with E-state index in [1.165, 1.54) is 6.21 Å². The van der Waals surface area contributed by atoms with Gasteiger partial charge in [0.2, 0.25) is 0 Å². The minimum Gasteiger partial charge on any atom is -0.507 e. The Labute approximate surface area is 187 Å². The summed E-state index contributed by atoms with van der Waals surface area (Å²) in [5.41, 5.74) is 7.16. The molecule has 0 bridgehead atoms. The van der Waals surface area contributed by atoms with E-state index in [1.807, 2.05) is 60.7 Å². The molecule has 1 heterocycles. The number of aromatic nitrogens is 1. The number of nitrogens with one attached hydrogen (secondary N) is 2. The number of rotatable bonds is 7. The van der Waals surface area contributed by atoms with E-state index in [0.717, 1.165) is 40.8 Å². The molecule has 0 saturated carbocycles. The average molecular weight is 427 g/mol. The summed E-state index contributed by atoms with van der Waals surface area (Å²) in [5, 5.41) is 15.4. The monoisotopic (exact) mass is 426 g/mol. The first-order valence-corrected chi connectivity index (χ1v) is 10.7. The van der Waals surface area contributed by atoms with Crippen molar-refractivity contribution < 1.29 is 9.90 Å². The summed E-state index contributed by atoms with van der Waals surface area (Å²) in [6.07, 6.45) is 1.45. The van der Waals surface area contributed by atoms with E-state index in [2.05, 4.69) is 34.3 Å². The number of hydrazone groups is 1. The molecule has 1 amide bonds. The summed E-state index contributed by atoms with van der Waals surface area (Å²) >= 11 is 0. The highest BCUT2D eigenvalue weighted by Crippen LogP contribution is 2.32. The van der Waals surface area contributed by atoms with Crippen LogP contribution in [0.25, 0.3) is 22.0 Å². The van der Waals surface area contributed by atoms with Gasteiger partial charge in [0.1, 0.15) is 11.4 Å². The zero-order valence-electron chi connectivity index (χ0n) is 18.2. The SMILES string of the molecule is CCN(CC)c1ccc(/C=N/NC(=O)c2[nH]c3ccccc3c2-c2ccccc2)c(O)c1. The maximum atomic E-state index is 13.0. The molecule has 3 N–H and O–H groups in total. The fraction of sp³-hybridized carbons (Fsp3) is 0.154. The zero-order chi connectivity index (χ0) is 22.5. The van der Waals surface area contributed by atoms with Gasteiger partial charge >= 0.3 is 0 Å². The van der Waals surface area contributed by atoms with Crippen LogP contribution in [0, 0.1) is 0 Å². The van der Waals surface area contributed by atoms with Crippen LogP contribution in [0.3, 0.4) is 0 Å². The van der Waals surface area contributed by atoms with Crippen molar-refractivity contribution in [2.75, 3.05) is 18.0 Å². The first kappa shape index (κ1) is 21.2. The third kappa shape index (κ3) is 4.21. The van der Waals surface area contributed by atoms with Gasteiger partial charge in [0, 0.05) is 46.9 Å². The summed E-state index contributed by atoms with van der Waals surface area (Å²) in [7, 11) is 0. The molecule has 0 unspecified atom stereocenters. The number of amides is 1. The Morgan fingerprint density at radius 3 is 2.47 bits per heavy atom. The number of aromatic amines is 1. The lowest BCUT2D eigenvalue weighted by molar-refractivity contribution is 0.0951. The number of H-pyrrole nitrogens is 1. The number of phenols is 1. The second-order valence-corrected chi connectivity index (χ2v) is 7.40. The molecule has 162 valence electrons. The van der Waals surface area contributed by atoms with Crippen LogP contribution in [-0.4, -0.2) is 35.3 Å². The standard InChI is InChI=1S/C26H26N4O2/c1-3-30(4-2)20-15-14-19(23(31)16-20)17-27-29-26(32)25-24(18-10-6-5-7-11-18)21-12-8-9-13-22(21)28-25/h5-17,28,31H,3-4H2,1-2H3,(H,29,32)/b27-17+. The first-order chi connectivity index (χ1) is 15.6. The van der Waals surface area contributed by atoms with Crippen LogP contribution >= 0.6 is 0 Å². The Balaban J connectivity index is 1.58. The number of hydrogen-bond donors (Lipinski definition) is 3. The topological polar surface area (TPSA) is 80.7 Å². The average Bonchev–Trinajstić information content (AvgIpc) is 3.21. The molecular weight excluding hydrogens is 400 g/mol. The molecule has 4 aromatic rings. The molecule has 0 saturated heterocycles. The van der Waals surface area contributed by atoms with Crippen molar-refractivity contribution >= 4 is 28.7 Å². The highest BCUT2D eigenvalue weighted by atomic mass is 16.3. The Hall–Kier alpha value is -4.06. The van der Waals surface area contributed by atoms with Gasteiger partial charge in [-0.2, -0.15) is 5.10 Å². The second-order valence-electron chi connectivity index (χ2n) is 7.40. The molecule has 4 rings (SSSR count). The third-order valence-electron chi connectivity index (χ3n) is 5.51. The van der Waals surface area contributed by atoms with Gasteiger partial charge in [0.25, 0.3) is 5.91 Å². The van der Waals surface area contributed by atoms with Gasteiger partial charge in [-0.15, -0.1) is 0 Å².